The first kappa shape index (κ1) is 18.3. The van der Waals surface area contributed by atoms with Crippen molar-refractivity contribution in [1.82, 2.24) is 9.88 Å². The highest BCUT2D eigenvalue weighted by Crippen LogP contribution is 2.39. The Hall–Kier alpha value is -1.06. The quantitative estimate of drug-likeness (QED) is 0.679. The van der Waals surface area contributed by atoms with Crippen LogP contribution in [0, 0.1) is 0 Å². The van der Waals surface area contributed by atoms with E-state index in [9.17, 15) is 10.2 Å². The lowest BCUT2D eigenvalue weighted by molar-refractivity contribution is -0.246. The number of aliphatic hydroxyl groups excluding tert-OH is 1. The second-order valence-corrected chi connectivity index (χ2v) is 7.24. The summed E-state index contributed by atoms with van der Waals surface area (Å²) in [5, 5.41) is 27.6. The van der Waals surface area contributed by atoms with Gasteiger partial charge in [-0.15, -0.1) is 11.3 Å². The molecule has 1 aromatic heterocycles. The first-order chi connectivity index (χ1) is 10.9. The van der Waals surface area contributed by atoms with Crippen molar-refractivity contribution in [2.75, 3.05) is 19.7 Å². The van der Waals surface area contributed by atoms with Crippen molar-refractivity contribution in [2.45, 2.75) is 50.0 Å². The molecular formula is C15H24N2O5S. The Morgan fingerprint density at radius 3 is 2.70 bits per heavy atom. The summed E-state index contributed by atoms with van der Waals surface area (Å²) in [6.07, 6.45) is 3.15. The molecule has 2 aliphatic heterocycles. The molecule has 0 radical (unpaired) electrons. The molecule has 7 nitrogen and oxygen atoms in total. The number of rotatable bonds is 2. The molecule has 3 rings (SSSR count). The number of aromatic nitrogens is 1. The Morgan fingerprint density at radius 1 is 1.48 bits per heavy atom. The number of aliphatic hydroxyl groups is 2. The predicted molar refractivity (Wildman–Crippen MR) is 85.2 cm³/mol. The highest BCUT2D eigenvalue weighted by atomic mass is 32.1. The van der Waals surface area contributed by atoms with Gasteiger partial charge in [0, 0.05) is 37.1 Å². The summed E-state index contributed by atoms with van der Waals surface area (Å²) in [6.45, 7) is 4.66. The molecule has 2 saturated heterocycles. The van der Waals surface area contributed by atoms with Gasteiger partial charge in [-0.25, -0.2) is 0 Å². The van der Waals surface area contributed by atoms with E-state index in [4.69, 9.17) is 14.6 Å². The van der Waals surface area contributed by atoms with E-state index in [0.717, 1.165) is 32.5 Å². The number of hydrogen-bond donors (Lipinski definition) is 3. The van der Waals surface area contributed by atoms with Crippen molar-refractivity contribution in [3.8, 4) is 0 Å². The third-order valence-electron chi connectivity index (χ3n) is 4.65. The zero-order valence-electron chi connectivity index (χ0n) is 13.2. The van der Waals surface area contributed by atoms with Gasteiger partial charge in [0.1, 0.15) is 6.10 Å². The lowest BCUT2D eigenvalue weighted by Crippen LogP contribution is -2.64. The summed E-state index contributed by atoms with van der Waals surface area (Å²) in [5.41, 5.74) is 0.260. The van der Waals surface area contributed by atoms with Crippen LogP contribution in [0.2, 0.25) is 0 Å². The lowest BCUT2D eigenvalue weighted by Gasteiger charge is -2.51. The van der Waals surface area contributed by atoms with Gasteiger partial charge in [-0.3, -0.25) is 14.7 Å². The molecule has 8 heteroatoms. The van der Waals surface area contributed by atoms with Gasteiger partial charge >= 0.3 is 0 Å². The molecule has 0 bridgehead atoms. The summed E-state index contributed by atoms with van der Waals surface area (Å²) in [5.74, 6) is 0. The van der Waals surface area contributed by atoms with Crippen LogP contribution in [0.25, 0.3) is 0 Å². The van der Waals surface area contributed by atoms with Crippen molar-refractivity contribution in [2.24, 2.45) is 0 Å². The maximum absolute atomic E-state index is 10.5. The van der Waals surface area contributed by atoms with Crippen LogP contribution in [0.15, 0.2) is 11.7 Å². The summed E-state index contributed by atoms with van der Waals surface area (Å²) < 4.78 is 5.89. The number of carbonyl (C=O) groups is 1. The van der Waals surface area contributed by atoms with E-state index in [-0.39, 0.29) is 6.47 Å². The number of piperidine rings is 1. The van der Waals surface area contributed by atoms with E-state index < -0.39 is 17.3 Å². The molecule has 2 atom stereocenters. The zero-order valence-corrected chi connectivity index (χ0v) is 14.0. The van der Waals surface area contributed by atoms with Crippen molar-refractivity contribution < 1.29 is 24.9 Å². The standard InChI is InChI=1S/C14H22N2O3S.CH2O2/c1-13(18)4-7-19-14(12(13)17)2-5-16(6-3-14)9-11-8-15-10-20-11;2-1-3/h8,10,12,17-18H,2-7,9H2,1H3;1H,(H,2,3)/t12-,13+;/m0./s1. The van der Waals surface area contributed by atoms with E-state index in [1.54, 1.807) is 18.3 Å². The number of ether oxygens (including phenoxy) is 1. The fraction of sp³-hybridized carbons (Fsp3) is 0.733. The topological polar surface area (TPSA) is 103 Å². The predicted octanol–water partition coefficient (Wildman–Crippen LogP) is 0.711. The maximum atomic E-state index is 10.5. The molecule has 2 fully saturated rings. The van der Waals surface area contributed by atoms with Gasteiger partial charge in [0.15, 0.2) is 0 Å². The van der Waals surface area contributed by atoms with Crippen molar-refractivity contribution in [1.29, 1.82) is 0 Å². The minimum absolute atomic E-state index is 0.250. The van der Waals surface area contributed by atoms with Crippen LogP contribution in [0.3, 0.4) is 0 Å². The molecule has 0 amide bonds. The maximum Gasteiger partial charge on any atom is 0.290 e. The fourth-order valence-corrected chi connectivity index (χ4v) is 3.93. The fourth-order valence-electron chi connectivity index (χ4n) is 3.29. The first-order valence-corrected chi connectivity index (χ1v) is 8.53. The van der Waals surface area contributed by atoms with Crippen LogP contribution in [-0.4, -0.2) is 68.7 Å². The molecule has 23 heavy (non-hydrogen) atoms. The van der Waals surface area contributed by atoms with E-state index in [1.165, 1.54) is 4.88 Å². The summed E-state index contributed by atoms with van der Waals surface area (Å²) in [4.78, 5) is 16.1. The second kappa shape index (κ2) is 7.67. The van der Waals surface area contributed by atoms with Gasteiger partial charge in [0.25, 0.3) is 6.47 Å². The number of thiazole rings is 1. The summed E-state index contributed by atoms with van der Waals surface area (Å²) in [7, 11) is 0. The van der Waals surface area contributed by atoms with E-state index >= 15 is 0 Å². The summed E-state index contributed by atoms with van der Waals surface area (Å²) >= 11 is 1.67. The van der Waals surface area contributed by atoms with E-state index in [1.807, 2.05) is 11.7 Å². The summed E-state index contributed by atoms with van der Waals surface area (Å²) in [6, 6.07) is 0. The monoisotopic (exact) mass is 344 g/mol. The minimum atomic E-state index is -1.03. The Bertz CT molecular complexity index is 486. The zero-order chi connectivity index (χ0) is 16.9. The molecular weight excluding hydrogens is 320 g/mol. The normalized spacial score (nSPS) is 30.5. The molecule has 0 aromatic carbocycles. The van der Waals surface area contributed by atoms with Crippen LogP contribution in [0.1, 0.15) is 31.1 Å². The van der Waals surface area contributed by atoms with Crippen molar-refractivity contribution in [3.63, 3.8) is 0 Å². The van der Waals surface area contributed by atoms with Crippen LogP contribution >= 0.6 is 11.3 Å². The average molecular weight is 344 g/mol. The Kier molecular flexibility index (Phi) is 6.10. The molecule has 3 heterocycles. The number of likely N-dealkylation sites (tertiary alicyclic amines) is 1. The van der Waals surface area contributed by atoms with Crippen LogP contribution in [0.5, 0.6) is 0 Å². The molecule has 1 aromatic rings. The van der Waals surface area contributed by atoms with Crippen molar-refractivity contribution >= 4 is 17.8 Å². The molecule has 130 valence electrons. The van der Waals surface area contributed by atoms with Crippen LogP contribution in [0.4, 0.5) is 0 Å². The van der Waals surface area contributed by atoms with Gasteiger partial charge in [-0.1, -0.05) is 0 Å². The first-order valence-electron chi connectivity index (χ1n) is 7.65. The van der Waals surface area contributed by atoms with Gasteiger partial charge in [0.2, 0.25) is 0 Å². The van der Waals surface area contributed by atoms with Gasteiger partial charge in [-0.2, -0.15) is 0 Å². The highest BCUT2D eigenvalue weighted by molar-refractivity contribution is 7.09. The molecule has 1 spiro atoms. The Labute approximate surface area is 139 Å². The number of carboxylic acid groups (broad SMARTS) is 1. The molecule has 0 aliphatic carbocycles. The Morgan fingerprint density at radius 2 is 2.13 bits per heavy atom. The molecule has 0 unspecified atom stereocenters. The molecule has 0 saturated carbocycles. The van der Waals surface area contributed by atoms with Crippen molar-refractivity contribution in [3.05, 3.63) is 16.6 Å². The molecule has 2 aliphatic rings. The minimum Gasteiger partial charge on any atom is -0.483 e. The highest BCUT2D eigenvalue weighted by Gasteiger charge is 2.52. The van der Waals surface area contributed by atoms with Gasteiger partial charge in [-0.05, 0) is 19.8 Å². The third-order valence-corrected chi connectivity index (χ3v) is 5.41. The van der Waals surface area contributed by atoms with Crippen LogP contribution < -0.4 is 0 Å². The van der Waals surface area contributed by atoms with Gasteiger partial charge in [0.05, 0.1) is 23.3 Å². The molecule has 3 N–H and O–H groups in total. The third kappa shape index (κ3) is 4.27. The Balaban J connectivity index is 0.000000595. The second-order valence-electron chi connectivity index (χ2n) is 6.27. The number of hydrogen-bond acceptors (Lipinski definition) is 7. The van der Waals surface area contributed by atoms with Crippen LogP contribution in [-0.2, 0) is 16.1 Å². The van der Waals surface area contributed by atoms with E-state index in [0.29, 0.717) is 13.0 Å². The SMILES string of the molecule is C[C@@]1(O)CCOC2(CCN(Cc3cncs3)CC2)[C@H]1O.O=CO. The lowest BCUT2D eigenvalue weighted by atomic mass is 9.75. The van der Waals surface area contributed by atoms with Gasteiger partial charge < -0.3 is 20.1 Å². The number of nitrogens with zero attached hydrogens (tertiary/aromatic N) is 2. The van der Waals surface area contributed by atoms with E-state index in [2.05, 4.69) is 9.88 Å². The average Bonchev–Trinajstić information content (AvgIpc) is 3.01. The smallest absolute Gasteiger partial charge is 0.290 e. The largest absolute Gasteiger partial charge is 0.483 e.